The van der Waals surface area contributed by atoms with E-state index in [9.17, 15) is 18.3 Å². The zero-order valence-electron chi connectivity index (χ0n) is 22.1. The maximum Gasteiger partial charge on any atom is 0.410 e. The maximum atomic E-state index is 13.6. The Bertz CT molecular complexity index is 1200. The molecular formula is C28H38N2O6S. The van der Waals surface area contributed by atoms with Crippen LogP contribution in [0.25, 0.3) is 0 Å². The zero-order chi connectivity index (χ0) is 26.8. The minimum absolute atomic E-state index is 0.333. The van der Waals surface area contributed by atoms with Crippen molar-refractivity contribution in [2.45, 2.75) is 82.6 Å². The number of fused-ring (bicyclic) bond motifs is 1. The third kappa shape index (κ3) is 6.57. The highest BCUT2D eigenvalue weighted by atomic mass is 32.2. The number of ether oxygens (including phenoxy) is 2. The van der Waals surface area contributed by atoms with Crippen molar-refractivity contribution in [3.8, 4) is 5.75 Å². The molecule has 202 valence electrons. The fourth-order valence-electron chi connectivity index (χ4n) is 5.33. The Labute approximate surface area is 220 Å². The van der Waals surface area contributed by atoms with E-state index in [2.05, 4.69) is 4.72 Å². The van der Waals surface area contributed by atoms with Crippen molar-refractivity contribution in [3.05, 3.63) is 59.7 Å². The van der Waals surface area contributed by atoms with Crippen LogP contribution in [0.4, 0.5) is 10.5 Å². The summed E-state index contributed by atoms with van der Waals surface area (Å²) in [5, 5.41) is 11.9. The first-order chi connectivity index (χ1) is 17.4. The molecule has 4 rings (SSSR count). The van der Waals surface area contributed by atoms with Gasteiger partial charge in [0.1, 0.15) is 23.1 Å². The van der Waals surface area contributed by atoms with E-state index in [1.54, 1.807) is 23.1 Å². The molecule has 2 unspecified atom stereocenters. The second-order valence-electron chi connectivity index (χ2n) is 11.2. The molecule has 0 radical (unpaired) electrons. The fourth-order valence-corrected chi connectivity index (χ4v) is 5.88. The number of sulfonamides is 1. The number of amides is 1. The molecule has 2 N–H and O–H groups in total. The summed E-state index contributed by atoms with van der Waals surface area (Å²) in [5.41, 5.74) is 0.481. The van der Waals surface area contributed by atoms with E-state index < -0.39 is 39.5 Å². The van der Waals surface area contributed by atoms with E-state index in [1.165, 1.54) is 0 Å². The third-order valence-corrected chi connectivity index (χ3v) is 7.54. The van der Waals surface area contributed by atoms with Gasteiger partial charge < -0.3 is 14.6 Å². The summed E-state index contributed by atoms with van der Waals surface area (Å²) >= 11 is 0. The predicted molar refractivity (Wildman–Crippen MR) is 143 cm³/mol. The summed E-state index contributed by atoms with van der Waals surface area (Å²) in [6, 6.07) is 14.2. The van der Waals surface area contributed by atoms with Gasteiger partial charge in [-0.3, -0.25) is 9.62 Å². The molecule has 1 aliphatic carbocycles. The molecule has 1 spiro atoms. The van der Waals surface area contributed by atoms with Gasteiger partial charge in [-0.05, 0) is 64.5 Å². The molecule has 2 aromatic rings. The molecule has 8 nitrogen and oxygen atoms in total. The molecule has 1 saturated carbocycles. The number of hydrogen-bond acceptors (Lipinski definition) is 6. The highest BCUT2D eigenvalue weighted by Gasteiger charge is 2.52. The average molecular weight is 531 g/mol. The molecule has 1 fully saturated rings. The van der Waals surface area contributed by atoms with Gasteiger partial charge in [-0.25, -0.2) is 13.2 Å². The van der Waals surface area contributed by atoms with Crippen LogP contribution in [0.5, 0.6) is 5.75 Å². The Kier molecular flexibility index (Phi) is 7.76. The number of nitrogens with one attached hydrogen (secondary N) is 1. The van der Waals surface area contributed by atoms with Crippen LogP contribution in [-0.2, 0) is 21.2 Å². The predicted octanol–water partition coefficient (Wildman–Crippen LogP) is 5.04. The molecule has 0 bridgehead atoms. The summed E-state index contributed by atoms with van der Waals surface area (Å²) in [5.74, 6) is 0.471. The number of anilines is 1. The van der Waals surface area contributed by atoms with Gasteiger partial charge in [0.15, 0.2) is 0 Å². The number of hydrogen-bond donors (Lipinski definition) is 2. The molecule has 1 amide bonds. The van der Waals surface area contributed by atoms with E-state index in [4.69, 9.17) is 9.47 Å². The number of rotatable bonds is 6. The highest BCUT2D eigenvalue weighted by molar-refractivity contribution is 7.92. The number of carbonyl (C=O) groups is 1. The van der Waals surface area contributed by atoms with Crippen LogP contribution in [0.1, 0.15) is 70.0 Å². The van der Waals surface area contributed by atoms with E-state index in [0.29, 0.717) is 42.8 Å². The Morgan fingerprint density at radius 3 is 2.43 bits per heavy atom. The number of benzene rings is 2. The lowest BCUT2D eigenvalue weighted by atomic mass is 9.74. The molecule has 2 atom stereocenters. The first-order valence-corrected chi connectivity index (χ1v) is 14.8. The number of carbonyl (C=O) groups excluding carboxylic acids is 1. The highest BCUT2D eigenvalue weighted by Crippen LogP contribution is 2.49. The molecule has 0 saturated heterocycles. The first kappa shape index (κ1) is 27.3. The van der Waals surface area contributed by atoms with E-state index in [-0.39, 0.29) is 0 Å². The molecule has 2 aromatic carbocycles. The summed E-state index contributed by atoms with van der Waals surface area (Å²) in [4.78, 5) is 15.2. The largest absolute Gasteiger partial charge is 0.484 e. The topological polar surface area (TPSA) is 105 Å². The zero-order valence-corrected chi connectivity index (χ0v) is 22.9. The number of aliphatic hydroxyl groups excluding tert-OH is 1. The minimum Gasteiger partial charge on any atom is -0.484 e. The lowest BCUT2D eigenvalue weighted by molar-refractivity contribution is -0.127. The van der Waals surface area contributed by atoms with Crippen molar-refractivity contribution in [3.63, 3.8) is 0 Å². The fraction of sp³-hybridized carbons (Fsp3) is 0.536. The van der Waals surface area contributed by atoms with Gasteiger partial charge in [-0.1, -0.05) is 42.8 Å². The number of nitrogens with zero attached hydrogens (tertiary/aromatic N) is 1. The van der Waals surface area contributed by atoms with Crippen LogP contribution in [-0.4, -0.2) is 54.6 Å². The van der Waals surface area contributed by atoms with Crippen LogP contribution in [0, 0.1) is 0 Å². The van der Waals surface area contributed by atoms with Gasteiger partial charge >= 0.3 is 6.09 Å². The van der Waals surface area contributed by atoms with Crippen LogP contribution < -0.4 is 9.46 Å². The van der Waals surface area contributed by atoms with Crippen molar-refractivity contribution in [2.24, 2.45) is 0 Å². The van der Waals surface area contributed by atoms with Crippen molar-refractivity contribution >= 4 is 21.8 Å². The second-order valence-corrected chi connectivity index (χ2v) is 12.9. The smallest absolute Gasteiger partial charge is 0.410 e. The minimum atomic E-state index is -3.49. The first-order valence-electron chi connectivity index (χ1n) is 12.9. The summed E-state index contributed by atoms with van der Waals surface area (Å²) < 4.78 is 38.5. The third-order valence-electron chi connectivity index (χ3n) is 6.93. The van der Waals surface area contributed by atoms with E-state index in [0.717, 1.165) is 31.1 Å². The molecule has 0 aromatic heterocycles. The van der Waals surface area contributed by atoms with E-state index in [1.807, 2.05) is 51.1 Å². The van der Waals surface area contributed by atoms with Crippen LogP contribution >= 0.6 is 0 Å². The molecule has 2 aliphatic rings. The lowest BCUT2D eigenvalue weighted by Gasteiger charge is -2.50. The summed E-state index contributed by atoms with van der Waals surface area (Å²) in [6.45, 7) is 5.79. The van der Waals surface area contributed by atoms with Gasteiger partial charge in [0.2, 0.25) is 10.0 Å². The van der Waals surface area contributed by atoms with Crippen molar-refractivity contribution in [1.82, 2.24) is 4.90 Å². The van der Waals surface area contributed by atoms with Gasteiger partial charge in [-0.2, -0.15) is 0 Å². The van der Waals surface area contributed by atoms with Gasteiger partial charge in [0.25, 0.3) is 0 Å². The Balaban J connectivity index is 1.78. The van der Waals surface area contributed by atoms with Gasteiger partial charge in [-0.15, -0.1) is 0 Å². The lowest BCUT2D eigenvalue weighted by Crippen LogP contribution is -2.59. The molecule has 1 aliphatic heterocycles. The second kappa shape index (κ2) is 10.5. The average Bonchev–Trinajstić information content (AvgIpc) is 2.80. The van der Waals surface area contributed by atoms with Crippen LogP contribution in [0.15, 0.2) is 48.5 Å². The Morgan fingerprint density at radius 1 is 1.14 bits per heavy atom. The van der Waals surface area contributed by atoms with E-state index >= 15 is 0 Å². The summed E-state index contributed by atoms with van der Waals surface area (Å²) in [6.07, 6.45) is 4.34. The van der Waals surface area contributed by atoms with Gasteiger partial charge in [0, 0.05) is 18.2 Å². The summed E-state index contributed by atoms with van der Waals surface area (Å²) in [7, 11) is -3.49. The van der Waals surface area contributed by atoms with Crippen LogP contribution in [0.3, 0.4) is 0 Å². The quantitative estimate of drug-likeness (QED) is 0.542. The Morgan fingerprint density at radius 2 is 1.81 bits per heavy atom. The Hall–Kier alpha value is -2.78. The van der Waals surface area contributed by atoms with Crippen molar-refractivity contribution in [1.29, 1.82) is 0 Å². The molecule has 37 heavy (non-hydrogen) atoms. The molecule has 9 heteroatoms. The standard InChI is InChI=1S/C28H38N2O6S/c1-27(2,3)36-26(32)30(18-15-20-11-7-5-8-12-20)24-22-14-13-21(29-37(4,33)34)19-23(22)35-28(25(24)31)16-9-6-10-17-28/h5,7-8,11-14,19,24-25,29,31H,6,9-10,15-18H2,1-4H3. The number of aliphatic hydroxyl groups is 1. The molecule has 1 heterocycles. The maximum absolute atomic E-state index is 13.6. The normalized spacial score (nSPS) is 21.0. The monoisotopic (exact) mass is 530 g/mol. The van der Waals surface area contributed by atoms with Gasteiger partial charge in [0.05, 0.1) is 18.0 Å². The SMILES string of the molecule is CC(C)(C)OC(=O)N(CCc1ccccc1)C1c2ccc(NS(C)(=O)=O)cc2OC2(CCCCC2)C1O. The van der Waals surface area contributed by atoms with Crippen molar-refractivity contribution < 1.29 is 27.8 Å². The van der Waals surface area contributed by atoms with Crippen molar-refractivity contribution in [2.75, 3.05) is 17.5 Å². The molecular weight excluding hydrogens is 492 g/mol. The van der Waals surface area contributed by atoms with Crippen LogP contribution in [0.2, 0.25) is 0 Å².